The topological polar surface area (TPSA) is 54.9 Å². The predicted molar refractivity (Wildman–Crippen MR) is 110 cm³/mol. The molecule has 4 nitrogen and oxygen atoms in total. The van der Waals surface area contributed by atoms with Crippen LogP contribution < -0.4 is 5.32 Å². The van der Waals surface area contributed by atoms with E-state index in [1.807, 2.05) is 19.1 Å². The largest absolute Gasteiger partial charge is 0.325 e. The summed E-state index contributed by atoms with van der Waals surface area (Å²) in [4.78, 5) is 12.4. The Morgan fingerprint density at radius 2 is 1.72 bits per heavy atom. The molecule has 0 bridgehead atoms. The van der Waals surface area contributed by atoms with Crippen LogP contribution in [-0.2, 0) is 4.79 Å². The number of carbonyl (C=O) groups is 1. The van der Waals surface area contributed by atoms with Gasteiger partial charge in [-0.15, -0.1) is 10.2 Å². The highest BCUT2D eigenvalue weighted by Crippen LogP contribution is 2.32. The fraction of sp³-hybridized carbons (Fsp3) is 0.500. The van der Waals surface area contributed by atoms with Crippen molar-refractivity contribution in [3.05, 3.63) is 29.8 Å². The zero-order valence-corrected chi connectivity index (χ0v) is 17.7. The van der Waals surface area contributed by atoms with E-state index in [1.165, 1.54) is 17.3 Å². The van der Waals surface area contributed by atoms with Crippen LogP contribution in [0.5, 0.6) is 0 Å². The number of nitrogens with zero attached hydrogens (tertiary/aromatic N) is 2. The maximum absolute atomic E-state index is 12.4. The Balaban J connectivity index is 1.87. The molecule has 0 aliphatic heterocycles. The van der Waals surface area contributed by atoms with Gasteiger partial charge in [-0.3, -0.25) is 4.79 Å². The number of benzene rings is 1. The molecule has 0 saturated carbocycles. The van der Waals surface area contributed by atoms with Crippen LogP contribution in [0, 0.1) is 5.92 Å². The van der Waals surface area contributed by atoms with Crippen molar-refractivity contribution < 1.29 is 4.79 Å². The Morgan fingerprint density at radius 3 is 2.32 bits per heavy atom. The highest BCUT2D eigenvalue weighted by Gasteiger charge is 2.17. The van der Waals surface area contributed by atoms with Crippen molar-refractivity contribution in [3.63, 3.8) is 0 Å². The molecule has 1 amide bonds. The molecule has 0 unspecified atom stereocenters. The second-order valence-electron chi connectivity index (χ2n) is 6.56. The van der Waals surface area contributed by atoms with Crippen LogP contribution in [0.25, 0.3) is 0 Å². The van der Waals surface area contributed by atoms with E-state index in [0.29, 0.717) is 11.8 Å². The van der Waals surface area contributed by atoms with Gasteiger partial charge >= 0.3 is 0 Å². The lowest BCUT2D eigenvalue weighted by Gasteiger charge is -2.11. The molecule has 25 heavy (non-hydrogen) atoms. The number of nitrogens with one attached hydrogen (secondary N) is 1. The Bertz CT molecular complexity index is 683. The first-order valence-corrected chi connectivity index (χ1v) is 11.1. The number of aromatic nitrogens is 2. The zero-order valence-electron chi connectivity index (χ0n) is 15.3. The molecule has 0 spiro atoms. The molecule has 0 fully saturated rings. The molecule has 0 saturated heterocycles. The number of amides is 1. The van der Waals surface area contributed by atoms with Crippen LogP contribution in [0.1, 0.15) is 46.1 Å². The van der Waals surface area contributed by atoms with Gasteiger partial charge in [-0.2, -0.15) is 0 Å². The van der Waals surface area contributed by atoms with Gasteiger partial charge in [0.1, 0.15) is 0 Å². The van der Waals surface area contributed by atoms with Gasteiger partial charge in [-0.1, -0.05) is 74.7 Å². The van der Waals surface area contributed by atoms with Crippen molar-refractivity contribution in [3.8, 4) is 0 Å². The number of rotatable bonds is 8. The average molecular weight is 396 g/mol. The molecule has 7 heteroatoms. The van der Waals surface area contributed by atoms with Crippen molar-refractivity contribution in [1.29, 1.82) is 0 Å². The molecule has 1 atom stereocenters. The predicted octanol–water partition coefficient (Wildman–Crippen LogP) is 5.53. The number of carbonyl (C=O) groups excluding carboxylic acids is 1. The molecule has 0 aliphatic rings. The van der Waals surface area contributed by atoms with Gasteiger partial charge < -0.3 is 5.32 Å². The van der Waals surface area contributed by atoms with Gasteiger partial charge in [0.15, 0.2) is 8.68 Å². The van der Waals surface area contributed by atoms with Crippen molar-refractivity contribution in [2.75, 3.05) is 11.1 Å². The van der Waals surface area contributed by atoms with Gasteiger partial charge in [0.05, 0.1) is 5.25 Å². The molecule has 1 heterocycles. The zero-order chi connectivity index (χ0) is 18.4. The molecule has 1 aromatic heterocycles. The molecule has 2 aromatic rings. The summed E-state index contributed by atoms with van der Waals surface area (Å²) in [6.07, 6.45) is 0. The minimum atomic E-state index is -0.222. The fourth-order valence-electron chi connectivity index (χ4n) is 1.94. The number of hydrogen-bond acceptors (Lipinski definition) is 6. The summed E-state index contributed by atoms with van der Waals surface area (Å²) in [5, 5.41) is 11.1. The van der Waals surface area contributed by atoms with E-state index in [2.05, 4.69) is 55.3 Å². The van der Waals surface area contributed by atoms with E-state index in [9.17, 15) is 4.79 Å². The van der Waals surface area contributed by atoms with Crippen LogP contribution in [0.3, 0.4) is 0 Å². The molecule has 136 valence electrons. The third-order valence-electron chi connectivity index (χ3n) is 3.42. The van der Waals surface area contributed by atoms with E-state index in [-0.39, 0.29) is 11.2 Å². The van der Waals surface area contributed by atoms with Crippen molar-refractivity contribution >= 4 is 46.5 Å². The van der Waals surface area contributed by atoms with Gasteiger partial charge in [0.25, 0.3) is 0 Å². The number of hydrogen-bond donors (Lipinski definition) is 1. The van der Waals surface area contributed by atoms with E-state index in [4.69, 9.17) is 0 Å². The highest BCUT2D eigenvalue weighted by molar-refractivity contribution is 8.03. The number of anilines is 1. The Hall–Kier alpha value is -1.05. The summed E-state index contributed by atoms with van der Waals surface area (Å²) in [5.41, 5.74) is 2.09. The first kappa shape index (κ1) is 20.3. The van der Waals surface area contributed by atoms with Gasteiger partial charge in [0, 0.05) is 11.4 Å². The lowest BCUT2D eigenvalue weighted by Crippen LogP contribution is -2.22. The highest BCUT2D eigenvalue weighted by atomic mass is 32.2. The smallest absolute Gasteiger partial charge is 0.237 e. The summed E-state index contributed by atoms with van der Waals surface area (Å²) < 4.78 is 1.80. The molecule has 0 aliphatic carbocycles. The van der Waals surface area contributed by atoms with Crippen LogP contribution in [0.15, 0.2) is 32.9 Å². The van der Waals surface area contributed by atoms with Crippen LogP contribution in [0.4, 0.5) is 5.69 Å². The minimum Gasteiger partial charge on any atom is -0.325 e. The van der Waals surface area contributed by atoms with E-state index < -0.39 is 0 Å². The number of thioether (sulfide) groups is 2. The Morgan fingerprint density at radius 1 is 1.08 bits per heavy atom. The normalized spacial score (nSPS) is 12.6. The summed E-state index contributed by atoms with van der Waals surface area (Å²) >= 11 is 4.73. The van der Waals surface area contributed by atoms with Gasteiger partial charge in [-0.25, -0.2) is 0 Å². The lowest BCUT2D eigenvalue weighted by molar-refractivity contribution is -0.115. The SMILES string of the molecule is CC(C)CSc1nnc(S[C@H](C)C(=O)Nc2ccc(C(C)C)cc2)s1. The van der Waals surface area contributed by atoms with E-state index >= 15 is 0 Å². The monoisotopic (exact) mass is 395 g/mol. The maximum Gasteiger partial charge on any atom is 0.237 e. The third kappa shape index (κ3) is 6.64. The quantitative estimate of drug-likeness (QED) is 0.596. The summed E-state index contributed by atoms with van der Waals surface area (Å²) in [6, 6.07) is 8.02. The lowest BCUT2D eigenvalue weighted by atomic mass is 10.0. The molecule has 1 aromatic carbocycles. The molecule has 0 radical (unpaired) electrons. The summed E-state index contributed by atoms with van der Waals surface area (Å²) in [7, 11) is 0. The molecular formula is C18H25N3OS3. The molecule has 1 N–H and O–H groups in total. The van der Waals surface area contributed by atoms with Crippen LogP contribution in [-0.4, -0.2) is 27.1 Å². The average Bonchev–Trinajstić information content (AvgIpc) is 3.00. The Kier molecular flexibility index (Phi) is 7.78. The molecular weight excluding hydrogens is 370 g/mol. The summed E-state index contributed by atoms with van der Waals surface area (Å²) in [5.74, 6) is 2.12. The molecule has 2 rings (SSSR count). The van der Waals surface area contributed by atoms with Crippen LogP contribution in [0.2, 0.25) is 0 Å². The van der Waals surface area contributed by atoms with Crippen molar-refractivity contribution in [2.45, 2.75) is 54.5 Å². The second kappa shape index (κ2) is 9.59. The van der Waals surface area contributed by atoms with E-state index in [0.717, 1.165) is 20.1 Å². The van der Waals surface area contributed by atoms with E-state index in [1.54, 1.807) is 23.1 Å². The van der Waals surface area contributed by atoms with Crippen molar-refractivity contribution in [2.24, 2.45) is 5.92 Å². The van der Waals surface area contributed by atoms with Crippen LogP contribution >= 0.6 is 34.9 Å². The second-order valence-corrected chi connectivity index (χ2v) is 10.4. The minimum absolute atomic E-state index is 0.0196. The third-order valence-corrected chi connectivity index (χ3v) is 7.09. The first-order chi connectivity index (χ1) is 11.8. The first-order valence-electron chi connectivity index (χ1n) is 8.39. The van der Waals surface area contributed by atoms with Gasteiger partial charge in [0.2, 0.25) is 5.91 Å². The van der Waals surface area contributed by atoms with Gasteiger partial charge in [-0.05, 0) is 36.5 Å². The standard InChI is InChI=1S/C18H25N3OS3/c1-11(2)10-23-17-20-21-18(25-17)24-13(5)16(22)19-15-8-6-14(7-9-15)12(3)4/h6-9,11-13H,10H2,1-5H3,(H,19,22)/t13-/m1/s1. The summed E-state index contributed by atoms with van der Waals surface area (Å²) in [6.45, 7) is 10.6. The maximum atomic E-state index is 12.4. The Labute approximate surface area is 162 Å². The van der Waals surface area contributed by atoms with Crippen molar-refractivity contribution in [1.82, 2.24) is 10.2 Å². The fourth-order valence-corrected chi connectivity index (χ4v) is 5.08.